The molecule has 112 valence electrons. The lowest BCUT2D eigenvalue weighted by Gasteiger charge is -2.10. The summed E-state index contributed by atoms with van der Waals surface area (Å²) in [4.78, 5) is 15.8. The highest BCUT2D eigenvalue weighted by Gasteiger charge is 2.05. The molecule has 0 aliphatic heterocycles. The van der Waals surface area contributed by atoms with Gasteiger partial charge in [-0.2, -0.15) is 0 Å². The molecule has 0 radical (unpaired) electrons. The summed E-state index contributed by atoms with van der Waals surface area (Å²) in [5.41, 5.74) is 6.82. The summed E-state index contributed by atoms with van der Waals surface area (Å²) in [6.07, 6.45) is 3.31. The Balaban J connectivity index is 2.36. The van der Waals surface area contributed by atoms with Crippen molar-refractivity contribution in [3.05, 3.63) is 24.0 Å². The zero-order chi connectivity index (χ0) is 15.0. The highest BCUT2D eigenvalue weighted by Crippen LogP contribution is 2.10. The Kier molecular flexibility index (Phi) is 7.01. The minimum Gasteiger partial charge on any atom is -0.482 e. The van der Waals surface area contributed by atoms with Gasteiger partial charge in [-0.1, -0.05) is 20.8 Å². The Labute approximate surface area is 120 Å². The summed E-state index contributed by atoms with van der Waals surface area (Å²) in [7, 11) is 0. The molecule has 0 saturated heterocycles. The summed E-state index contributed by atoms with van der Waals surface area (Å²) in [6, 6.07) is 3.84. The van der Waals surface area contributed by atoms with E-state index in [0.29, 0.717) is 18.2 Å². The van der Waals surface area contributed by atoms with Gasteiger partial charge in [-0.05, 0) is 24.5 Å². The zero-order valence-corrected chi connectivity index (χ0v) is 12.6. The van der Waals surface area contributed by atoms with Crippen molar-refractivity contribution in [2.75, 3.05) is 13.2 Å². The van der Waals surface area contributed by atoms with Crippen LogP contribution in [0.15, 0.2) is 18.3 Å². The van der Waals surface area contributed by atoms with Gasteiger partial charge >= 0.3 is 0 Å². The first-order chi connectivity index (χ1) is 9.51. The molecule has 1 rings (SSSR count). The van der Waals surface area contributed by atoms with Crippen molar-refractivity contribution in [1.82, 2.24) is 10.3 Å². The number of carbonyl (C=O) groups excluding carboxylic acids is 1. The fraction of sp³-hybridized carbons (Fsp3) is 0.600. The van der Waals surface area contributed by atoms with E-state index in [2.05, 4.69) is 17.2 Å². The maximum Gasteiger partial charge on any atom is 0.257 e. The van der Waals surface area contributed by atoms with E-state index >= 15 is 0 Å². The molecule has 0 saturated carbocycles. The van der Waals surface area contributed by atoms with E-state index < -0.39 is 0 Å². The van der Waals surface area contributed by atoms with Gasteiger partial charge in [0.05, 0.1) is 6.20 Å². The second-order valence-corrected chi connectivity index (χ2v) is 5.34. The largest absolute Gasteiger partial charge is 0.482 e. The van der Waals surface area contributed by atoms with E-state index in [1.807, 2.05) is 26.0 Å². The van der Waals surface area contributed by atoms with E-state index in [1.54, 1.807) is 6.20 Å². The van der Waals surface area contributed by atoms with Crippen molar-refractivity contribution in [3.8, 4) is 5.75 Å². The summed E-state index contributed by atoms with van der Waals surface area (Å²) in [5.74, 6) is 0.914. The molecule has 0 bridgehead atoms. The van der Waals surface area contributed by atoms with Gasteiger partial charge in [0.2, 0.25) is 0 Å². The normalized spacial score (nSPS) is 12.2. The van der Waals surface area contributed by atoms with Crippen molar-refractivity contribution >= 4 is 5.91 Å². The molecule has 0 aliphatic rings. The predicted molar refractivity (Wildman–Crippen MR) is 79.6 cm³/mol. The van der Waals surface area contributed by atoms with Crippen molar-refractivity contribution in [2.24, 2.45) is 11.7 Å². The van der Waals surface area contributed by atoms with Gasteiger partial charge in [0.1, 0.15) is 5.75 Å². The molecule has 1 unspecified atom stereocenters. The SMILES string of the molecule is CCC(N)Cc1ccc(OCC(=O)NCC(C)C)cn1. The smallest absolute Gasteiger partial charge is 0.257 e. The molecular formula is C15H25N3O2. The van der Waals surface area contributed by atoms with Crippen LogP contribution in [0.4, 0.5) is 0 Å². The van der Waals surface area contributed by atoms with E-state index in [-0.39, 0.29) is 18.6 Å². The summed E-state index contributed by atoms with van der Waals surface area (Å²) in [6.45, 7) is 6.82. The van der Waals surface area contributed by atoms with Crippen LogP contribution in [0.2, 0.25) is 0 Å². The number of pyridine rings is 1. The van der Waals surface area contributed by atoms with Crippen LogP contribution >= 0.6 is 0 Å². The van der Waals surface area contributed by atoms with Crippen LogP contribution in [-0.2, 0) is 11.2 Å². The van der Waals surface area contributed by atoms with Crippen LogP contribution in [0.3, 0.4) is 0 Å². The molecule has 5 heteroatoms. The lowest BCUT2D eigenvalue weighted by atomic mass is 10.1. The van der Waals surface area contributed by atoms with Crippen molar-refractivity contribution in [1.29, 1.82) is 0 Å². The molecule has 0 aliphatic carbocycles. The number of ether oxygens (including phenoxy) is 1. The number of carbonyl (C=O) groups is 1. The standard InChI is InChI=1S/C15H25N3O2/c1-4-12(16)7-13-5-6-14(9-17-13)20-10-15(19)18-8-11(2)3/h5-6,9,11-12H,4,7-8,10,16H2,1-3H3,(H,18,19). The van der Waals surface area contributed by atoms with Gasteiger partial charge in [-0.25, -0.2) is 0 Å². The highest BCUT2D eigenvalue weighted by molar-refractivity contribution is 5.77. The fourth-order valence-corrected chi connectivity index (χ4v) is 1.55. The Morgan fingerprint density at radius 1 is 1.45 bits per heavy atom. The van der Waals surface area contributed by atoms with Crippen LogP contribution in [0.25, 0.3) is 0 Å². The maximum atomic E-state index is 11.5. The number of hydrogen-bond acceptors (Lipinski definition) is 4. The topological polar surface area (TPSA) is 77.2 Å². The van der Waals surface area contributed by atoms with Crippen molar-refractivity contribution in [2.45, 2.75) is 39.7 Å². The molecule has 0 spiro atoms. The number of aromatic nitrogens is 1. The minimum absolute atomic E-state index is 0.0161. The average Bonchev–Trinajstić information content (AvgIpc) is 2.44. The Hall–Kier alpha value is -1.62. The van der Waals surface area contributed by atoms with E-state index in [9.17, 15) is 4.79 Å². The highest BCUT2D eigenvalue weighted by atomic mass is 16.5. The van der Waals surface area contributed by atoms with Crippen LogP contribution in [0.5, 0.6) is 5.75 Å². The first-order valence-electron chi connectivity index (χ1n) is 7.11. The molecule has 5 nitrogen and oxygen atoms in total. The minimum atomic E-state index is -0.115. The molecule has 0 fully saturated rings. The molecule has 20 heavy (non-hydrogen) atoms. The lowest BCUT2D eigenvalue weighted by Crippen LogP contribution is -2.31. The van der Waals surface area contributed by atoms with Gasteiger partial charge in [0.25, 0.3) is 5.91 Å². The Morgan fingerprint density at radius 2 is 2.20 bits per heavy atom. The number of nitrogens with zero attached hydrogens (tertiary/aromatic N) is 1. The lowest BCUT2D eigenvalue weighted by molar-refractivity contribution is -0.123. The van der Waals surface area contributed by atoms with Crippen LogP contribution in [-0.4, -0.2) is 30.1 Å². The molecule has 1 heterocycles. The predicted octanol–water partition coefficient (Wildman–Crippen LogP) is 1.51. The third kappa shape index (κ3) is 6.52. The number of nitrogens with one attached hydrogen (secondary N) is 1. The first kappa shape index (κ1) is 16.4. The maximum absolute atomic E-state index is 11.5. The Bertz CT molecular complexity index is 404. The van der Waals surface area contributed by atoms with E-state index in [1.165, 1.54) is 0 Å². The monoisotopic (exact) mass is 279 g/mol. The van der Waals surface area contributed by atoms with Crippen molar-refractivity contribution < 1.29 is 9.53 Å². The van der Waals surface area contributed by atoms with E-state index in [4.69, 9.17) is 10.5 Å². The number of rotatable bonds is 8. The van der Waals surface area contributed by atoms with Gasteiger partial charge < -0.3 is 15.8 Å². The second-order valence-electron chi connectivity index (χ2n) is 5.34. The van der Waals surface area contributed by atoms with E-state index in [0.717, 1.165) is 18.5 Å². The molecule has 1 aromatic rings. The number of amides is 1. The summed E-state index contributed by atoms with van der Waals surface area (Å²) < 4.78 is 5.38. The molecule has 0 aromatic carbocycles. The third-order valence-electron chi connectivity index (χ3n) is 2.87. The molecule has 3 N–H and O–H groups in total. The second kappa shape index (κ2) is 8.53. The van der Waals surface area contributed by atoms with Crippen LogP contribution < -0.4 is 15.8 Å². The zero-order valence-electron chi connectivity index (χ0n) is 12.6. The quantitative estimate of drug-likeness (QED) is 0.756. The molecule has 1 amide bonds. The van der Waals surface area contributed by atoms with Crippen molar-refractivity contribution in [3.63, 3.8) is 0 Å². The van der Waals surface area contributed by atoms with Gasteiger partial charge in [-0.15, -0.1) is 0 Å². The Morgan fingerprint density at radius 3 is 2.75 bits per heavy atom. The number of hydrogen-bond donors (Lipinski definition) is 2. The van der Waals surface area contributed by atoms with Gasteiger partial charge in [-0.3, -0.25) is 9.78 Å². The third-order valence-corrected chi connectivity index (χ3v) is 2.87. The molecule has 1 aromatic heterocycles. The first-order valence-corrected chi connectivity index (χ1v) is 7.11. The number of nitrogens with two attached hydrogens (primary N) is 1. The van der Waals surface area contributed by atoms with Crippen LogP contribution in [0, 0.1) is 5.92 Å². The molecule has 1 atom stereocenters. The average molecular weight is 279 g/mol. The summed E-state index contributed by atoms with van der Waals surface area (Å²) in [5, 5.41) is 2.80. The van der Waals surface area contributed by atoms with Gasteiger partial charge in [0, 0.05) is 24.7 Å². The van der Waals surface area contributed by atoms with Crippen LogP contribution in [0.1, 0.15) is 32.9 Å². The molecular weight excluding hydrogens is 254 g/mol. The fourth-order valence-electron chi connectivity index (χ4n) is 1.55. The summed E-state index contributed by atoms with van der Waals surface area (Å²) >= 11 is 0. The van der Waals surface area contributed by atoms with Gasteiger partial charge in [0.15, 0.2) is 6.61 Å².